The summed E-state index contributed by atoms with van der Waals surface area (Å²) in [7, 11) is 1.94. The molecule has 2 aromatic heterocycles. The first-order valence-corrected chi connectivity index (χ1v) is 7.69. The Bertz CT molecular complexity index is 678. The van der Waals surface area contributed by atoms with Crippen LogP contribution in [0.2, 0.25) is 0 Å². The summed E-state index contributed by atoms with van der Waals surface area (Å²) in [6.07, 6.45) is 2.67. The van der Waals surface area contributed by atoms with Crippen LogP contribution < -0.4 is 5.32 Å². The molecule has 3 nitrogen and oxygen atoms in total. The van der Waals surface area contributed by atoms with Gasteiger partial charge < -0.3 is 9.73 Å². The van der Waals surface area contributed by atoms with Gasteiger partial charge in [-0.25, -0.2) is 4.98 Å². The van der Waals surface area contributed by atoms with Crippen molar-refractivity contribution < 1.29 is 4.42 Å². The van der Waals surface area contributed by atoms with E-state index in [1.807, 2.05) is 30.8 Å². The Balaban J connectivity index is 1.95. The first kappa shape index (κ1) is 12.8. The number of nitrogens with zero attached hydrogens (tertiary/aromatic N) is 1. The molecule has 0 amide bonds. The van der Waals surface area contributed by atoms with Crippen LogP contribution in [0.1, 0.15) is 16.8 Å². The minimum absolute atomic E-state index is 0.144. The standard InChI is InChI=1S/C14H13BrN2OS/c1-16-11(8-13-17-5-6-19-13)12-7-9-3-2-4-10(15)14(9)18-12/h2-7,11,16H,8H2,1H3. The second-order valence-corrected chi connectivity index (χ2v) is 6.11. The third-order valence-electron chi connectivity index (χ3n) is 3.07. The molecule has 1 N–H and O–H groups in total. The van der Waals surface area contributed by atoms with Crippen LogP contribution in [-0.2, 0) is 6.42 Å². The zero-order valence-electron chi connectivity index (χ0n) is 10.4. The summed E-state index contributed by atoms with van der Waals surface area (Å²) in [5.74, 6) is 0.944. The number of nitrogens with one attached hydrogen (secondary N) is 1. The van der Waals surface area contributed by atoms with E-state index in [2.05, 4.69) is 38.4 Å². The molecule has 0 aliphatic heterocycles. The van der Waals surface area contributed by atoms with E-state index >= 15 is 0 Å². The highest BCUT2D eigenvalue weighted by Gasteiger charge is 2.17. The minimum atomic E-state index is 0.144. The van der Waals surface area contributed by atoms with Crippen molar-refractivity contribution in [2.24, 2.45) is 0 Å². The van der Waals surface area contributed by atoms with Crippen LogP contribution in [0, 0.1) is 0 Å². The number of benzene rings is 1. The number of rotatable bonds is 4. The van der Waals surface area contributed by atoms with Crippen molar-refractivity contribution in [3.05, 3.63) is 51.1 Å². The van der Waals surface area contributed by atoms with Crippen LogP contribution in [0.5, 0.6) is 0 Å². The molecule has 5 heteroatoms. The fourth-order valence-electron chi connectivity index (χ4n) is 2.09. The minimum Gasteiger partial charge on any atom is -0.458 e. The van der Waals surface area contributed by atoms with Crippen LogP contribution >= 0.6 is 27.3 Å². The van der Waals surface area contributed by atoms with Crippen molar-refractivity contribution in [2.75, 3.05) is 7.05 Å². The van der Waals surface area contributed by atoms with Gasteiger partial charge in [-0.1, -0.05) is 12.1 Å². The lowest BCUT2D eigenvalue weighted by molar-refractivity contribution is 0.450. The molecular weight excluding hydrogens is 324 g/mol. The van der Waals surface area contributed by atoms with Crippen molar-refractivity contribution >= 4 is 38.2 Å². The van der Waals surface area contributed by atoms with Gasteiger partial charge in [0, 0.05) is 23.4 Å². The van der Waals surface area contributed by atoms with E-state index in [0.29, 0.717) is 0 Å². The maximum atomic E-state index is 5.97. The molecule has 2 heterocycles. The van der Waals surface area contributed by atoms with E-state index in [0.717, 1.165) is 32.6 Å². The van der Waals surface area contributed by atoms with E-state index in [4.69, 9.17) is 4.42 Å². The molecule has 3 aromatic rings. The van der Waals surface area contributed by atoms with Crippen LogP contribution in [0.3, 0.4) is 0 Å². The molecule has 0 saturated carbocycles. The number of fused-ring (bicyclic) bond motifs is 1. The SMILES string of the molecule is CNC(Cc1nccs1)c1cc2cccc(Br)c2o1. The van der Waals surface area contributed by atoms with Gasteiger partial charge in [0.15, 0.2) is 0 Å². The van der Waals surface area contributed by atoms with Gasteiger partial charge in [0.1, 0.15) is 11.3 Å². The topological polar surface area (TPSA) is 38.1 Å². The largest absolute Gasteiger partial charge is 0.458 e. The average molecular weight is 337 g/mol. The number of halogens is 1. The average Bonchev–Trinajstić information content (AvgIpc) is 3.05. The predicted octanol–water partition coefficient (Wildman–Crippen LogP) is 4.16. The van der Waals surface area contributed by atoms with Gasteiger partial charge in [-0.3, -0.25) is 0 Å². The normalized spacial score (nSPS) is 12.9. The second-order valence-electron chi connectivity index (χ2n) is 4.28. The van der Waals surface area contributed by atoms with Crippen molar-refractivity contribution in [1.82, 2.24) is 10.3 Å². The van der Waals surface area contributed by atoms with Crippen molar-refractivity contribution in [3.8, 4) is 0 Å². The summed E-state index contributed by atoms with van der Waals surface area (Å²) < 4.78 is 6.95. The third-order valence-corrected chi connectivity index (χ3v) is 4.50. The number of furan rings is 1. The molecule has 1 unspecified atom stereocenters. The van der Waals surface area contributed by atoms with E-state index in [1.54, 1.807) is 11.3 Å². The highest BCUT2D eigenvalue weighted by atomic mass is 79.9. The first-order valence-electron chi connectivity index (χ1n) is 6.01. The van der Waals surface area contributed by atoms with Gasteiger partial charge in [-0.05, 0) is 35.1 Å². The lowest BCUT2D eigenvalue weighted by atomic mass is 10.1. The van der Waals surface area contributed by atoms with Gasteiger partial charge in [0.05, 0.1) is 15.5 Å². The molecule has 3 rings (SSSR count). The van der Waals surface area contributed by atoms with Gasteiger partial charge in [-0.15, -0.1) is 11.3 Å². The van der Waals surface area contributed by atoms with Crippen LogP contribution in [0.4, 0.5) is 0 Å². The van der Waals surface area contributed by atoms with E-state index in [-0.39, 0.29) is 6.04 Å². The molecule has 0 aliphatic rings. The molecular formula is C14H13BrN2OS. The van der Waals surface area contributed by atoms with Gasteiger partial charge >= 0.3 is 0 Å². The van der Waals surface area contributed by atoms with Crippen molar-refractivity contribution in [1.29, 1.82) is 0 Å². The Morgan fingerprint density at radius 2 is 2.37 bits per heavy atom. The van der Waals surface area contributed by atoms with E-state index in [9.17, 15) is 0 Å². The molecule has 19 heavy (non-hydrogen) atoms. The maximum Gasteiger partial charge on any atom is 0.148 e. The molecule has 0 bridgehead atoms. The van der Waals surface area contributed by atoms with Gasteiger partial charge in [0.2, 0.25) is 0 Å². The highest BCUT2D eigenvalue weighted by Crippen LogP contribution is 2.30. The summed E-state index contributed by atoms with van der Waals surface area (Å²) in [5.41, 5.74) is 0.900. The van der Waals surface area contributed by atoms with Crippen LogP contribution in [-0.4, -0.2) is 12.0 Å². The van der Waals surface area contributed by atoms with Gasteiger partial charge in [0.25, 0.3) is 0 Å². The van der Waals surface area contributed by atoms with E-state index in [1.165, 1.54) is 0 Å². The lowest BCUT2D eigenvalue weighted by Gasteiger charge is -2.11. The molecule has 0 fully saturated rings. The molecule has 0 spiro atoms. The molecule has 0 saturated heterocycles. The number of para-hydroxylation sites is 1. The second kappa shape index (κ2) is 5.45. The maximum absolute atomic E-state index is 5.97. The fourth-order valence-corrected chi connectivity index (χ4v) is 3.22. The Morgan fingerprint density at radius 1 is 1.47 bits per heavy atom. The zero-order valence-corrected chi connectivity index (χ0v) is 12.8. The number of hydrogen-bond acceptors (Lipinski definition) is 4. The quantitative estimate of drug-likeness (QED) is 0.777. The number of aromatic nitrogens is 1. The molecule has 0 aliphatic carbocycles. The number of thiazole rings is 1. The summed E-state index contributed by atoms with van der Waals surface area (Å²) in [4.78, 5) is 4.33. The Labute approximate surface area is 123 Å². The Morgan fingerprint density at radius 3 is 3.05 bits per heavy atom. The summed E-state index contributed by atoms with van der Waals surface area (Å²) in [5, 5.41) is 7.52. The Hall–Kier alpha value is -1.17. The smallest absolute Gasteiger partial charge is 0.148 e. The highest BCUT2D eigenvalue weighted by molar-refractivity contribution is 9.10. The number of hydrogen-bond donors (Lipinski definition) is 1. The van der Waals surface area contributed by atoms with Crippen LogP contribution in [0.15, 0.2) is 44.7 Å². The molecule has 1 aromatic carbocycles. The summed E-state index contributed by atoms with van der Waals surface area (Å²) in [6.45, 7) is 0. The molecule has 98 valence electrons. The first-order chi connectivity index (χ1) is 9.28. The summed E-state index contributed by atoms with van der Waals surface area (Å²) in [6, 6.07) is 8.30. The molecule has 1 atom stereocenters. The van der Waals surface area contributed by atoms with E-state index < -0.39 is 0 Å². The van der Waals surface area contributed by atoms with Crippen molar-refractivity contribution in [2.45, 2.75) is 12.5 Å². The summed E-state index contributed by atoms with van der Waals surface area (Å²) >= 11 is 5.19. The third kappa shape index (κ3) is 2.59. The zero-order chi connectivity index (χ0) is 13.2. The predicted molar refractivity (Wildman–Crippen MR) is 81.5 cm³/mol. The Kier molecular flexibility index (Phi) is 3.68. The molecule has 0 radical (unpaired) electrons. The van der Waals surface area contributed by atoms with Gasteiger partial charge in [-0.2, -0.15) is 0 Å². The monoisotopic (exact) mass is 336 g/mol. The van der Waals surface area contributed by atoms with Crippen LogP contribution in [0.25, 0.3) is 11.0 Å². The lowest BCUT2D eigenvalue weighted by Crippen LogP contribution is -2.18. The van der Waals surface area contributed by atoms with Crippen molar-refractivity contribution in [3.63, 3.8) is 0 Å². The number of likely N-dealkylation sites (N-methyl/N-ethyl adjacent to an activating group) is 1. The fraction of sp³-hybridized carbons (Fsp3) is 0.214.